The molecule has 1 aromatic carbocycles. The van der Waals surface area contributed by atoms with Crippen LogP contribution in [0.15, 0.2) is 29.3 Å². The Morgan fingerprint density at radius 3 is 2.95 bits per heavy atom. The highest BCUT2D eigenvalue weighted by Crippen LogP contribution is 2.16. The Hall–Kier alpha value is -2.28. The van der Waals surface area contributed by atoms with Crippen LogP contribution in [0.25, 0.3) is 10.9 Å². The first-order valence-electron chi connectivity index (χ1n) is 5.76. The summed E-state index contributed by atoms with van der Waals surface area (Å²) >= 11 is 0. The maximum Gasteiger partial charge on any atom is 0.270 e. The zero-order valence-electron chi connectivity index (χ0n) is 10.4. The Labute approximate surface area is 108 Å². The molecule has 2 rings (SSSR count). The maximum absolute atomic E-state index is 12.2. The molecule has 0 amide bonds. The number of rotatable bonds is 5. The predicted molar refractivity (Wildman–Crippen MR) is 69.2 cm³/mol. The van der Waals surface area contributed by atoms with E-state index >= 15 is 0 Å². The summed E-state index contributed by atoms with van der Waals surface area (Å²) in [5.41, 5.74) is 0.0736. The van der Waals surface area contributed by atoms with Gasteiger partial charge in [0.2, 0.25) is 0 Å². The molecule has 2 aromatic rings. The number of hydrogen-bond acceptors (Lipinski definition) is 5. The minimum absolute atomic E-state index is 0.110. The van der Waals surface area contributed by atoms with Crippen molar-refractivity contribution in [2.75, 3.05) is 13.7 Å². The quantitative estimate of drug-likeness (QED) is 0.461. The summed E-state index contributed by atoms with van der Waals surface area (Å²) in [6, 6.07) is 4.08. The second kappa shape index (κ2) is 5.57. The standard InChI is InChI=1S/C12H13N3O4/c1-19-6-2-5-14-8-13-11-4-3-9(15(17)18)7-10(11)12(14)16/h3-4,7-8H,2,5-6H2,1H3. The van der Waals surface area contributed by atoms with Crippen LogP contribution < -0.4 is 5.56 Å². The summed E-state index contributed by atoms with van der Waals surface area (Å²) in [5, 5.41) is 11.0. The normalized spacial score (nSPS) is 10.8. The Kier molecular flexibility index (Phi) is 3.86. The highest BCUT2D eigenvalue weighted by atomic mass is 16.6. The Bertz CT molecular complexity index is 666. The van der Waals surface area contributed by atoms with Crippen LogP contribution in [0.1, 0.15) is 6.42 Å². The molecule has 0 saturated carbocycles. The van der Waals surface area contributed by atoms with E-state index in [1.165, 1.54) is 29.1 Å². The molecule has 100 valence electrons. The third-order valence-corrected chi connectivity index (χ3v) is 2.77. The molecule has 0 fully saturated rings. The first-order chi connectivity index (χ1) is 9.13. The predicted octanol–water partition coefficient (Wildman–Crippen LogP) is 1.34. The minimum atomic E-state index is -0.527. The van der Waals surface area contributed by atoms with E-state index < -0.39 is 4.92 Å². The van der Waals surface area contributed by atoms with Crippen molar-refractivity contribution in [2.24, 2.45) is 0 Å². The van der Waals surface area contributed by atoms with Crippen molar-refractivity contribution in [3.8, 4) is 0 Å². The molecule has 0 atom stereocenters. The Balaban J connectivity index is 2.44. The van der Waals surface area contributed by atoms with Crippen molar-refractivity contribution in [1.82, 2.24) is 9.55 Å². The number of hydrogen-bond donors (Lipinski definition) is 0. The molecule has 0 unspecified atom stereocenters. The molecule has 0 bridgehead atoms. The first kappa shape index (κ1) is 13.2. The van der Waals surface area contributed by atoms with Crippen molar-refractivity contribution in [3.05, 3.63) is 45.0 Å². The molecule has 7 heteroatoms. The molecule has 0 aliphatic carbocycles. The van der Waals surface area contributed by atoms with Crippen LogP contribution in [0.2, 0.25) is 0 Å². The largest absolute Gasteiger partial charge is 0.385 e. The van der Waals surface area contributed by atoms with Gasteiger partial charge in [-0.3, -0.25) is 19.5 Å². The molecule has 0 radical (unpaired) electrons. The molecule has 1 aromatic heterocycles. The molecular weight excluding hydrogens is 250 g/mol. The van der Waals surface area contributed by atoms with E-state index in [0.29, 0.717) is 25.1 Å². The third kappa shape index (κ3) is 2.76. The van der Waals surface area contributed by atoms with Gasteiger partial charge in [0.25, 0.3) is 11.2 Å². The second-order valence-corrected chi connectivity index (χ2v) is 4.05. The SMILES string of the molecule is COCCCn1cnc2ccc([N+](=O)[O-])cc2c1=O. The fraction of sp³-hybridized carbons (Fsp3) is 0.333. The zero-order valence-corrected chi connectivity index (χ0v) is 10.4. The van der Waals surface area contributed by atoms with E-state index in [-0.39, 0.29) is 16.6 Å². The third-order valence-electron chi connectivity index (χ3n) is 2.77. The molecule has 0 saturated heterocycles. The first-order valence-corrected chi connectivity index (χ1v) is 5.76. The molecular formula is C12H13N3O4. The van der Waals surface area contributed by atoms with Gasteiger partial charge in [-0.05, 0) is 12.5 Å². The van der Waals surface area contributed by atoms with E-state index in [2.05, 4.69) is 4.98 Å². The van der Waals surface area contributed by atoms with Crippen LogP contribution in [0.4, 0.5) is 5.69 Å². The number of aryl methyl sites for hydroxylation is 1. The highest BCUT2D eigenvalue weighted by molar-refractivity contribution is 5.79. The van der Waals surface area contributed by atoms with Crippen LogP contribution in [0.5, 0.6) is 0 Å². The van der Waals surface area contributed by atoms with Crippen LogP contribution in [-0.2, 0) is 11.3 Å². The van der Waals surface area contributed by atoms with Crippen molar-refractivity contribution in [3.63, 3.8) is 0 Å². The summed E-state index contributed by atoms with van der Waals surface area (Å²) in [5.74, 6) is 0. The van der Waals surface area contributed by atoms with Crippen LogP contribution in [0, 0.1) is 10.1 Å². The lowest BCUT2D eigenvalue weighted by atomic mass is 10.2. The number of aromatic nitrogens is 2. The molecule has 7 nitrogen and oxygen atoms in total. The minimum Gasteiger partial charge on any atom is -0.385 e. The number of nitro benzene ring substituents is 1. The zero-order chi connectivity index (χ0) is 13.8. The fourth-order valence-electron chi connectivity index (χ4n) is 1.80. The lowest BCUT2D eigenvalue weighted by Gasteiger charge is -2.05. The van der Waals surface area contributed by atoms with Gasteiger partial charge >= 0.3 is 0 Å². The van der Waals surface area contributed by atoms with Crippen LogP contribution >= 0.6 is 0 Å². The molecule has 19 heavy (non-hydrogen) atoms. The topological polar surface area (TPSA) is 87.3 Å². The fourth-order valence-corrected chi connectivity index (χ4v) is 1.80. The van der Waals surface area contributed by atoms with Crippen molar-refractivity contribution < 1.29 is 9.66 Å². The van der Waals surface area contributed by atoms with Gasteiger partial charge in [-0.2, -0.15) is 0 Å². The van der Waals surface area contributed by atoms with E-state index in [1.54, 1.807) is 7.11 Å². The van der Waals surface area contributed by atoms with Crippen molar-refractivity contribution >= 4 is 16.6 Å². The summed E-state index contributed by atoms with van der Waals surface area (Å²) in [6.45, 7) is 1.01. The second-order valence-electron chi connectivity index (χ2n) is 4.05. The van der Waals surface area contributed by atoms with E-state index in [1.807, 2.05) is 0 Å². The smallest absolute Gasteiger partial charge is 0.270 e. The molecule has 1 heterocycles. The number of fused-ring (bicyclic) bond motifs is 1. The van der Waals surface area contributed by atoms with Gasteiger partial charge in [-0.1, -0.05) is 0 Å². The number of benzene rings is 1. The van der Waals surface area contributed by atoms with E-state index in [9.17, 15) is 14.9 Å². The maximum atomic E-state index is 12.2. The molecule has 0 N–H and O–H groups in total. The Morgan fingerprint density at radius 1 is 1.47 bits per heavy atom. The van der Waals surface area contributed by atoms with Gasteiger partial charge in [-0.15, -0.1) is 0 Å². The molecule has 0 spiro atoms. The van der Waals surface area contributed by atoms with Gasteiger partial charge in [-0.25, -0.2) is 4.98 Å². The lowest BCUT2D eigenvalue weighted by molar-refractivity contribution is -0.384. The molecule has 0 aliphatic heterocycles. The van der Waals surface area contributed by atoms with Crippen molar-refractivity contribution in [1.29, 1.82) is 0 Å². The number of nitro groups is 1. The van der Waals surface area contributed by atoms with Crippen LogP contribution in [0.3, 0.4) is 0 Å². The number of methoxy groups -OCH3 is 1. The van der Waals surface area contributed by atoms with Gasteiger partial charge in [0.15, 0.2) is 0 Å². The lowest BCUT2D eigenvalue weighted by Crippen LogP contribution is -2.21. The highest BCUT2D eigenvalue weighted by Gasteiger charge is 2.10. The summed E-state index contributed by atoms with van der Waals surface area (Å²) in [6.07, 6.45) is 2.13. The van der Waals surface area contributed by atoms with E-state index in [0.717, 1.165) is 0 Å². The van der Waals surface area contributed by atoms with Gasteiger partial charge in [0.05, 0.1) is 22.2 Å². The summed E-state index contributed by atoms with van der Waals surface area (Å²) in [4.78, 5) is 26.5. The summed E-state index contributed by atoms with van der Waals surface area (Å²) in [7, 11) is 1.59. The van der Waals surface area contributed by atoms with Gasteiger partial charge in [0, 0.05) is 32.4 Å². The average molecular weight is 263 g/mol. The van der Waals surface area contributed by atoms with E-state index in [4.69, 9.17) is 4.74 Å². The Morgan fingerprint density at radius 2 is 2.26 bits per heavy atom. The average Bonchev–Trinajstić information content (AvgIpc) is 2.41. The van der Waals surface area contributed by atoms with Gasteiger partial charge < -0.3 is 4.74 Å². The monoisotopic (exact) mass is 263 g/mol. The number of non-ortho nitro benzene ring substituents is 1. The van der Waals surface area contributed by atoms with Crippen molar-refractivity contribution in [2.45, 2.75) is 13.0 Å². The summed E-state index contributed by atoms with van der Waals surface area (Å²) < 4.78 is 6.35. The van der Waals surface area contributed by atoms with Crippen LogP contribution in [-0.4, -0.2) is 28.2 Å². The number of nitrogens with zero attached hydrogens (tertiary/aromatic N) is 3. The molecule has 0 aliphatic rings. The van der Waals surface area contributed by atoms with Gasteiger partial charge in [0.1, 0.15) is 0 Å². The number of ether oxygens (including phenoxy) is 1.